The Balaban J connectivity index is 1.33. The van der Waals surface area contributed by atoms with Gasteiger partial charge in [-0.3, -0.25) is 0 Å². The second-order valence-electron chi connectivity index (χ2n) is 12.0. The molecule has 3 atom stereocenters. The minimum Gasteiger partial charge on any atom is -0.456 e. The van der Waals surface area contributed by atoms with Crippen molar-refractivity contribution in [2.24, 2.45) is 0 Å². The molecule has 2 heteroatoms. The van der Waals surface area contributed by atoms with Crippen molar-refractivity contribution >= 4 is 49.7 Å². The highest BCUT2D eigenvalue weighted by Gasteiger charge is 2.25. The van der Waals surface area contributed by atoms with Crippen molar-refractivity contribution in [2.75, 3.05) is 4.90 Å². The Morgan fingerprint density at radius 3 is 2.33 bits per heavy atom. The van der Waals surface area contributed by atoms with Crippen LogP contribution in [-0.4, -0.2) is 6.04 Å². The summed E-state index contributed by atoms with van der Waals surface area (Å²) in [5, 5.41) is 3.78. The number of allylic oxidation sites excluding steroid dienone is 6. The third kappa shape index (κ3) is 5.07. The molecule has 1 aromatic heterocycles. The van der Waals surface area contributed by atoms with Gasteiger partial charge in [0, 0.05) is 35.0 Å². The van der Waals surface area contributed by atoms with Gasteiger partial charge in [-0.05, 0) is 82.2 Å². The molecule has 0 fully saturated rings. The zero-order valence-corrected chi connectivity index (χ0v) is 26.0. The number of rotatable bonds is 6. The fourth-order valence-electron chi connectivity index (χ4n) is 6.76. The van der Waals surface area contributed by atoms with Crippen LogP contribution in [0.2, 0.25) is 0 Å². The zero-order chi connectivity index (χ0) is 38.8. The van der Waals surface area contributed by atoms with E-state index >= 15 is 0 Å². The summed E-state index contributed by atoms with van der Waals surface area (Å²) in [4.78, 5) is 1.51. The Hall–Kier alpha value is -5.86. The van der Waals surface area contributed by atoms with Gasteiger partial charge in [0.1, 0.15) is 11.2 Å². The number of para-hydroxylation sites is 1. The first kappa shape index (κ1) is 21.1. The molecule has 6 aromatic carbocycles. The van der Waals surface area contributed by atoms with Gasteiger partial charge in [-0.1, -0.05) is 139 Å². The van der Waals surface area contributed by atoms with E-state index in [-0.39, 0.29) is 65.1 Å². The molecule has 0 saturated carbocycles. The largest absolute Gasteiger partial charge is 0.456 e. The molecule has 0 N–H and O–H groups in total. The normalized spacial score (nSPS) is 21.8. The van der Waals surface area contributed by atoms with Gasteiger partial charge < -0.3 is 9.32 Å². The van der Waals surface area contributed by atoms with Crippen LogP contribution in [-0.2, 0) is 0 Å². The van der Waals surface area contributed by atoms with Crippen LogP contribution in [0, 0.1) is 0 Å². The zero-order valence-electron chi connectivity index (χ0n) is 34.0. The van der Waals surface area contributed by atoms with Crippen molar-refractivity contribution in [3.05, 3.63) is 187 Å². The molecule has 0 saturated heterocycles. The van der Waals surface area contributed by atoms with Crippen LogP contribution in [0.5, 0.6) is 0 Å². The fraction of sp³-hybridized carbons (Fsp3) is 0.0870. The lowest BCUT2D eigenvalue weighted by molar-refractivity contribution is 0.669. The predicted octanol–water partition coefficient (Wildman–Crippen LogP) is 12.6. The summed E-state index contributed by atoms with van der Waals surface area (Å²) in [6.45, 7) is 0. The molecule has 2 nitrogen and oxygen atoms in total. The molecule has 230 valence electrons. The van der Waals surface area contributed by atoms with Crippen LogP contribution in [0.4, 0.5) is 11.4 Å². The second-order valence-corrected chi connectivity index (χ2v) is 12.0. The number of hydrogen-bond donors (Lipinski definition) is 0. The van der Waals surface area contributed by atoms with Crippen molar-refractivity contribution in [3.63, 3.8) is 0 Å². The Morgan fingerprint density at radius 1 is 0.729 bits per heavy atom. The predicted molar refractivity (Wildman–Crippen MR) is 203 cm³/mol. The van der Waals surface area contributed by atoms with Crippen LogP contribution in [0.15, 0.2) is 180 Å². The average Bonchev–Trinajstić information content (AvgIpc) is 3.59. The standard InChI is InChI=1S/C46H35NO/c1-3-12-32(13-4-1)34-22-26-38(27-23-34)47(39-28-24-35(25-29-39)33-14-5-2-6-15-33)43-20-10-9-18-40(43)41-19-11-21-44-46(41)42-30-36-16-7-8-17-37(36)31-45(42)48-44/h1-14,16-26,28-31,33,38H,15,27H2/i22D,23D,24D,25D,26D,27D,28D,29D. The highest BCUT2D eigenvalue weighted by Crippen LogP contribution is 2.44. The molecule has 0 aliphatic heterocycles. The van der Waals surface area contributed by atoms with Crippen LogP contribution in [0.1, 0.15) is 40.8 Å². The lowest BCUT2D eigenvalue weighted by atomic mass is 9.91. The molecular formula is C46H35NO. The van der Waals surface area contributed by atoms with Crippen molar-refractivity contribution in [1.29, 1.82) is 0 Å². The molecule has 3 unspecified atom stereocenters. The molecule has 7 aromatic rings. The average molecular weight is 626 g/mol. The molecule has 0 bridgehead atoms. The third-order valence-electron chi connectivity index (χ3n) is 9.11. The van der Waals surface area contributed by atoms with E-state index in [4.69, 9.17) is 4.42 Å². The molecule has 0 radical (unpaired) electrons. The molecule has 0 amide bonds. The van der Waals surface area contributed by atoms with Gasteiger partial charge in [-0.2, -0.15) is 0 Å². The smallest absolute Gasteiger partial charge is 0.136 e. The van der Waals surface area contributed by atoms with E-state index in [0.29, 0.717) is 34.4 Å². The summed E-state index contributed by atoms with van der Waals surface area (Å²) >= 11 is 0. The van der Waals surface area contributed by atoms with Crippen molar-refractivity contribution in [1.82, 2.24) is 0 Å². The van der Waals surface area contributed by atoms with Gasteiger partial charge in [-0.25, -0.2) is 0 Å². The van der Waals surface area contributed by atoms with Gasteiger partial charge in [0.25, 0.3) is 0 Å². The quantitative estimate of drug-likeness (QED) is 0.183. The van der Waals surface area contributed by atoms with Gasteiger partial charge in [0.15, 0.2) is 0 Å². The summed E-state index contributed by atoms with van der Waals surface area (Å²) in [6, 6.07) is 31.0. The van der Waals surface area contributed by atoms with Gasteiger partial charge in [0.2, 0.25) is 0 Å². The van der Waals surface area contributed by atoms with Gasteiger partial charge >= 0.3 is 0 Å². The molecule has 9 rings (SSSR count). The first-order valence-electron chi connectivity index (χ1n) is 20.3. The molecule has 0 spiro atoms. The maximum absolute atomic E-state index is 9.61. The Kier molecular flexibility index (Phi) is 5.30. The number of furan rings is 1. The van der Waals surface area contributed by atoms with Crippen LogP contribution < -0.4 is 4.90 Å². The minimum absolute atomic E-state index is 0.127. The van der Waals surface area contributed by atoms with E-state index in [1.165, 1.54) is 4.90 Å². The number of nitrogens with zero attached hydrogens (tertiary/aromatic N) is 1. The summed E-state index contributed by atoms with van der Waals surface area (Å²) in [6.07, 6.45) is 6.61. The lowest BCUT2D eigenvalue weighted by Gasteiger charge is -2.35. The maximum Gasteiger partial charge on any atom is 0.136 e. The van der Waals surface area contributed by atoms with E-state index in [9.17, 15) is 11.0 Å². The summed E-state index contributed by atoms with van der Waals surface area (Å²) in [7, 11) is 0. The first-order chi connectivity index (χ1) is 27.2. The Labute approximate surface area is 292 Å². The van der Waals surface area contributed by atoms with Crippen molar-refractivity contribution < 1.29 is 15.4 Å². The summed E-state index contributed by atoms with van der Waals surface area (Å²) < 4.78 is 81.8. The minimum atomic E-state index is -1.44. The Bertz CT molecular complexity index is 2830. The fourth-order valence-corrected chi connectivity index (χ4v) is 6.76. The molecule has 48 heavy (non-hydrogen) atoms. The van der Waals surface area contributed by atoms with Gasteiger partial charge in [-0.15, -0.1) is 0 Å². The monoisotopic (exact) mass is 625 g/mol. The van der Waals surface area contributed by atoms with Crippen LogP contribution in [0.3, 0.4) is 0 Å². The maximum atomic E-state index is 9.61. The Morgan fingerprint density at radius 2 is 1.50 bits per heavy atom. The number of anilines is 2. The highest BCUT2D eigenvalue weighted by atomic mass is 16.3. The topological polar surface area (TPSA) is 16.4 Å². The highest BCUT2D eigenvalue weighted by molar-refractivity contribution is 6.16. The van der Waals surface area contributed by atoms with E-state index in [1.807, 2.05) is 91.0 Å². The van der Waals surface area contributed by atoms with E-state index in [0.717, 1.165) is 27.1 Å². The number of benzene rings is 6. The van der Waals surface area contributed by atoms with Crippen LogP contribution >= 0.6 is 0 Å². The molecular weight excluding hydrogens is 583 g/mol. The summed E-state index contributed by atoms with van der Waals surface area (Å²) in [5.74, 6) is -0.368. The molecule has 2 aliphatic carbocycles. The van der Waals surface area contributed by atoms with E-state index < -0.39 is 12.4 Å². The SMILES string of the molecule is [2H]C1=C([2H])C(N(c2ccccc2-c2cccc3oc4cc5ccccc5cc4c23)c2c([2H])c([2H])c(C3C=CC=CC3)c([2H])c2[2H])C([2H])C([2H])=C1c1ccccc1. The van der Waals surface area contributed by atoms with Gasteiger partial charge in [0.05, 0.1) is 15.6 Å². The number of hydrogen-bond acceptors (Lipinski definition) is 2. The summed E-state index contributed by atoms with van der Waals surface area (Å²) in [5.41, 5.74) is 4.00. The lowest BCUT2D eigenvalue weighted by Crippen LogP contribution is -2.30. The second kappa shape index (κ2) is 12.1. The van der Waals surface area contributed by atoms with E-state index in [1.54, 1.807) is 36.4 Å². The number of fused-ring (bicyclic) bond motifs is 4. The van der Waals surface area contributed by atoms with Crippen molar-refractivity contribution in [3.8, 4) is 11.1 Å². The molecule has 1 heterocycles. The first-order valence-corrected chi connectivity index (χ1v) is 16.2. The molecule has 2 aliphatic rings. The van der Waals surface area contributed by atoms with E-state index in [2.05, 4.69) is 6.07 Å². The van der Waals surface area contributed by atoms with Crippen LogP contribution in [0.25, 0.3) is 49.4 Å². The third-order valence-corrected chi connectivity index (χ3v) is 9.11. The van der Waals surface area contributed by atoms with Crippen molar-refractivity contribution in [2.45, 2.75) is 24.8 Å².